The fourth-order valence-electron chi connectivity index (χ4n) is 2.30. The zero-order valence-corrected chi connectivity index (χ0v) is 13.6. The van der Waals surface area contributed by atoms with E-state index in [0.29, 0.717) is 22.7 Å². The summed E-state index contributed by atoms with van der Waals surface area (Å²) in [6.45, 7) is 5.86. The van der Waals surface area contributed by atoms with Gasteiger partial charge >= 0.3 is 0 Å². The van der Waals surface area contributed by atoms with Crippen LogP contribution >= 0.6 is 0 Å². The number of carbonyl (C=O) groups is 1. The molecule has 22 heavy (non-hydrogen) atoms. The SMILES string of the molecule is COc1cc(C)c(NC(=O)c2cccc(C)c2C)cc1OC. The number of carbonyl (C=O) groups excluding carboxylic acids is 1. The Hall–Kier alpha value is -2.49. The van der Waals surface area contributed by atoms with Crippen LogP contribution in [0.1, 0.15) is 27.0 Å². The molecular weight excluding hydrogens is 278 g/mol. The summed E-state index contributed by atoms with van der Waals surface area (Å²) in [7, 11) is 3.16. The predicted molar refractivity (Wildman–Crippen MR) is 88.2 cm³/mol. The number of methoxy groups -OCH3 is 2. The van der Waals surface area contributed by atoms with Gasteiger partial charge in [0, 0.05) is 17.3 Å². The van der Waals surface area contributed by atoms with Gasteiger partial charge in [0.25, 0.3) is 5.91 Å². The summed E-state index contributed by atoms with van der Waals surface area (Å²) >= 11 is 0. The predicted octanol–water partition coefficient (Wildman–Crippen LogP) is 3.88. The highest BCUT2D eigenvalue weighted by molar-refractivity contribution is 6.06. The second kappa shape index (κ2) is 6.52. The van der Waals surface area contributed by atoms with Gasteiger partial charge < -0.3 is 14.8 Å². The van der Waals surface area contributed by atoms with Gasteiger partial charge in [-0.1, -0.05) is 12.1 Å². The Morgan fingerprint density at radius 3 is 2.23 bits per heavy atom. The maximum absolute atomic E-state index is 12.5. The Bertz CT molecular complexity index is 708. The number of ether oxygens (including phenoxy) is 2. The molecule has 0 radical (unpaired) electrons. The second-order valence-corrected chi connectivity index (χ2v) is 5.22. The van der Waals surface area contributed by atoms with Crippen LogP contribution < -0.4 is 14.8 Å². The van der Waals surface area contributed by atoms with Crippen LogP contribution in [0.4, 0.5) is 5.69 Å². The zero-order chi connectivity index (χ0) is 16.3. The summed E-state index contributed by atoms with van der Waals surface area (Å²) in [5.41, 5.74) is 4.38. The third kappa shape index (κ3) is 3.06. The number of hydrogen-bond acceptors (Lipinski definition) is 3. The number of aryl methyl sites for hydroxylation is 2. The molecule has 0 heterocycles. The van der Waals surface area contributed by atoms with Crippen molar-refractivity contribution >= 4 is 11.6 Å². The highest BCUT2D eigenvalue weighted by atomic mass is 16.5. The van der Waals surface area contributed by atoms with E-state index >= 15 is 0 Å². The number of hydrogen-bond donors (Lipinski definition) is 1. The molecule has 0 saturated heterocycles. The lowest BCUT2D eigenvalue weighted by Crippen LogP contribution is -2.14. The summed E-state index contributed by atoms with van der Waals surface area (Å²) in [5, 5.41) is 2.95. The van der Waals surface area contributed by atoms with E-state index < -0.39 is 0 Å². The molecule has 116 valence electrons. The Kier molecular flexibility index (Phi) is 4.71. The average Bonchev–Trinajstić information content (AvgIpc) is 2.51. The molecule has 0 aromatic heterocycles. The van der Waals surface area contributed by atoms with Crippen molar-refractivity contribution < 1.29 is 14.3 Å². The number of rotatable bonds is 4. The van der Waals surface area contributed by atoms with Crippen LogP contribution in [-0.4, -0.2) is 20.1 Å². The molecule has 0 aliphatic carbocycles. The van der Waals surface area contributed by atoms with Gasteiger partial charge in [0.2, 0.25) is 0 Å². The summed E-state index contributed by atoms with van der Waals surface area (Å²) in [5.74, 6) is 1.10. The van der Waals surface area contributed by atoms with Gasteiger partial charge in [0.15, 0.2) is 11.5 Å². The van der Waals surface area contributed by atoms with Gasteiger partial charge in [-0.3, -0.25) is 4.79 Å². The molecule has 1 amide bonds. The summed E-state index contributed by atoms with van der Waals surface area (Å²) in [6.07, 6.45) is 0. The largest absolute Gasteiger partial charge is 0.493 e. The Balaban J connectivity index is 2.34. The summed E-state index contributed by atoms with van der Waals surface area (Å²) in [4.78, 5) is 12.5. The van der Waals surface area contributed by atoms with E-state index in [1.165, 1.54) is 0 Å². The normalized spacial score (nSPS) is 10.2. The van der Waals surface area contributed by atoms with E-state index in [4.69, 9.17) is 9.47 Å². The van der Waals surface area contributed by atoms with E-state index in [1.807, 2.05) is 45.0 Å². The van der Waals surface area contributed by atoms with Crippen molar-refractivity contribution in [1.82, 2.24) is 0 Å². The third-order valence-corrected chi connectivity index (χ3v) is 3.83. The minimum Gasteiger partial charge on any atom is -0.493 e. The molecule has 4 heteroatoms. The molecular formula is C18H21NO3. The lowest BCUT2D eigenvalue weighted by molar-refractivity contribution is 0.102. The van der Waals surface area contributed by atoms with Gasteiger partial charge in [-0.05, 0) is 49.6 Å². The van der Waals surface area contributed by atoms with E-state index in [0.717, 1.165) is 16.7 Å². The summed E-state index contributed by atoms with van der Waals surface area (Å²) < 4.78 is 10.5. The van der Waals surface area contributed by atoms with Crippen molar-refractivity contribution in [2.45, 2.75) is 20.8 Å². The average molecular weight is 299 g/mol. The fourth-order valence-corrected chi connectivity index (χ4v) is 2.30. The lowest BCUT2D eigenvalue weighted by atomic mass is 10.0. The number of benzene rings is 2. The fraction of sp³-hybridized carbons (Fsp3) is 0.278. The molecule has 2 aromatic rings. The number of nitrogens with one attached hydrogen (secondary N) is 1. The first-order valence-corrected chi connectivity index (χ1v) is 7.08. The van der Waals surface area contributed by atoms with Gasteiger partial charge in [-0.25, -0.2) is 0 Å². The molecule has 0 saturated carbocycles. The first-order valence-electron chi connectivity index (χ1n) is 7.08. The lowest BCUT2D eigenvalue weighted by Gasteiger charge is -2.14. The maximum atomic E-state index is 12.5. The monoisotopic (exact) mass is 299 g/mol. The number of amides is 1. The van der Waals surface area contributed by atoms with Crippen molar-refractivity contribution in [1.29, 1.82) is 0 Å². The van der Waals surface area contributed by atoms with Gasteiger partial charge in [0.05, 0.1) is 14.2 Å². The van der Waals surface area contributed by atoms with Gasteiger partial charge in [-0.2, -0.15) is 0 Å². The third-order valence-electron chi connectivity index (χ3n) is 3.83. The minimum absolute atomic E-state index is 0.128. The van der Waals surface area contributed by atoms with E-state index in [1.54, 1.807) is 20.3 Å². The van der Waals surface area contributed by atoms with Crippen LogP contribution in [0.3, 0.4) is 0 Å². The van der Waals surface area contributed by atoms with Gasteiger partial charge in [0.1, 0.15) is 0 Å². The van der Waals surface area contributed by atoms with Crippen LogP contribution in [0.15, 0.2) is 30.3 Å². The van der Waals surface area contributed by atoms with Crippen molar-refractivity contribution in [3.05, 3.63) is 52.6 Å². The maximum Gasteiger partial charge on any atom is 0.255 e. The second-order valence-electron chi connectivity index (χ2n) is 5.22. The van der Waals surface area contributed by atoms with Crippen LogP contribution in [0.25, 0.3) is 0 Å². The van der Waals surface area contributed by atoms with E-state index in [-0.39, 0.29) is 5.91 Å². The van der Waals surface area contributed by atoms with Crippen molar-refractivity contribution in [3.63, 3.8) is 0 Å². The minimum atomic E-state index is -0.128. The molecule has 2 aromatic carbocycles. The Morgan fingerprint density at radius 1 is 0.955 bits per heavy atom. The van der Waals surface area contributed by atoms with Crippen LogP contribution in [0, 0.1) is 20.8 Å². The standard InChI is InChI=1S/C18H21NO3/c1-11-7-6-8-14(13(11)3)18(20)19-15-10-17(22-5)16(21-4)9-12(15)2/h6-10H,1-5H3,(H,19,20). The van der Waals surface area contributed by atoms with Gasteiger partial charge in [-0.15, -0.1) is 0 Å². The highest BCUT2D eigenvalue weighted by Crippen LogP contribution is 2.33. The molecule has 2 rings (SSSR count). The molecule has 0 aliphatic heterocycles. The molecule has 0 bridgehead atoms. The zero-order valence-electron chi connectivity index (χ0n) is 13.6. The quantitative estimate of drug-likeness (QED) is 0.932. The Labute approximate surface area is 131 Å². The van der Waals surface area contributed by atoms with E-state index in [9.17, 15) is 4.79 Å². The molecule has 0 unspecified atom stereocenters. The van der Waals surface area contributed by atoms with Crippen LogP contribution in [0.2, 0.25) is 0 Å². The van der Waals surface area contributed by atoms with Crippen molar-refractivity contribution in [2.75, 3.05) is 19.5 Å². The highest BCUT2D eigenvalue weighted by Gasteiger charge is 2.14. The molecule has 0 fully saturated rings. The Morgan fingerprint density at radius 2 is 1.59 bits per heavy atom. The molecule has 1 N–H and O–H groups in total. The molecule has 0 atom stereocenters. The van der Waals surface area contributed by atoms with Crippen LogP contribution in [0.5, 0.6) is 11.5 Å². The first-order chi connectivity index (χ1) is 10.5. The summed E-state index contributed by atoms with van der Waals surface area (Å²) in [6, 6.07) is 9.33. The topological polar surface area (TPSA) is 47.6 Å². The first kappa shape index (κ1) is 15.9. The van der Waals surface area contributed by atoms with Crippen LogP contribution in [-0.2, 0) is 0 Å². The van der Waals surface area contributed by atoms with Crippen molar-refractivity contribution in [3.8, 4) is 11.5 Å². The molecule has 4 nitrogen and oxygen atoms in total. The van der Waals surface area contributed by atoms with Crippen molar-refractivity contribution in [2.24, 2.45) is 0 Å². The molecule has 0 aliphatic rings. The smallest absolute Gasteiger partial charge is 0.255 e. The number of anilines is 1. The molecule has 0 spiro atoms. The van der Waals surface area contributed by atoms with E-state index in [2.05, 4.69) is 5.32 Å².